The first-order chi connectivity index (χ1) is 7.03. The van der Waals surface area contributed by atoms with Gasteiger partial charge in [0.2, 0.25) is 10.0 Å². The van der Waals surface area contributed by atoms with E-state index in [-0.39, 0.29) is 11.8 Å². The molecule has 0 heterocycles. The molecule has 0 saturated heterocycles. The first-order valence-corrected chi connectivity index (χ1v) is 7.39. The molecule has 0 amide bonds. The Labute approximate surface area is 92.9 Å². The summed E-state index contributed by atoms with van der Waals surface area (Å²) < 4.78 is 26.0. The Morgan fingerprint density at radius 1 is 1.33 bits per heavy atom. The molecule has 1 aliphatic rings. The molecule has 0 radical (unpaired) electrons. The van der Waals surface area contributed by atoms with Crippen LogP contribution in [0.4, 0.5) is 0 Å². The van der Waals surface area contributed by atoms with Crippen LogP contribution in [0.3, 0.4) is 0 Å². The van der Waals surface area contributed by atoms with Gasteiger partial charge in [0.05, 0.1) is 5.75 Å². The molecule has 1 fully saturated rings. The Balaban J connectivity index is 2.29. The summed E-state index contributed by atoms with van der Waals surface area (Å²) in [7, 11) is -3.07. The molecule has 0 aliphatic heterocycles. The van der Waals surface area contributed by atoms with Gasteiger partial charge >= 0.3 is 0 Å². The van der Waals surface area contributed by atoms with Crippen molar-refractivity contribution < 1.29 is 8.42 Å². The lowest BCUT2D eigenvalue weighted by Gasteiger charge is -2.12. The van der Waals surface area contributed by atoms with Gasteiger partial charge in [-0.05, 0) is 31.7 Å². The highest BCUT2D eigenvalue weighted by molar-refractivity contribution is 7.89. The highest BCUT2D eigenvalue weighted by atomic mass is 32.2. The molecule has 0 aromatic rings. The zero-order chi connectivity index (χ0) is 11.3. The Morgan fingerprint density at radius 3 is 2.60 bits per heavy atom. The topological polar surface area (TPSA) is 58.2 Å². The smallest absolute Gasteiger partial charge is 0.213 e. The summed E-state index contributed by atoms with van der Waals surface area (Å²) in [5, 5.41) is 3.02. The molecule has 1 rings (SSSR count). The molecule has 1 saturated carbocycles. The lowest BCUT2D eigenvalue weighted by Crippen LogP contribution is -2.37. The Morgan fingerprint density at radius 2 is 2.07 bits per heavy atom. The quantitative estimate of drug-likeness (QED) is 0.665. The minimum absolute atomic E-state index is 0.173. The van der Waals surface area contributed by atoms with E-state index in [1.54, 1.807) is 0 Å². The van der Waals surface area contributed by atoms with Gasteiger partial charge < -0.3 is 5.32 Å². The van der Waals surface area contributed by atoms with Crippen LogP contribution in [-0.2, 0) is 10.0 Å². The zero-order valence-electron chi connectivity index (χ0n) is 9.62. The van der Waals surface area contributed by atoms with Crippen molar-refractivity contribution in [1.82, 2.24) is 10.0 Å². The number of nitrogens with one attached hydrogen (secondary N) is 2. The fourth-order valence-corrected chi connectivity index (χ4v) is 3.26. The van der Waals surface area contributed by atoms with Crippen molar-refractivity contribution in [3.8, 4) is 0 Å². The maximum Gasteiger partial charge on any atom is 0.213 e. The predicted molar refractivity (Wildman–Crippen MR) is 62.3 cm³/mol. The third-order valence-electron chi connectivity index (χ3n) is 2.84. The van der Waals surface area contributed by atoms with Crippen molar-refractivity contribution in [2.75, 3.05) is 18.8 Å². The number of hydrogen-bond acceptors (Lipinski definition) is 3. The second-order valence-corrected chi connectivity index (χ2v) is 6.28. The Kier molecular flexibility index (Phi) is 5.02. The van der Waals surface area contributed by atoms with Gasteiger partial charge in [-0.25, -0.2) is 13.1 Å². The average molecular weight is 234 g/mol. The number of hydrogen-bond donors (Lipinski definition) is 2. The van der Waals surface area contributed by atoms with Crippen molar-refractivity contribution in [3.05, 3.63) is 0 Å². The van der Waals surface area contributed by atoms with Gasteiger partial charge in [0.1, 0.15) is 0 Å². The summed E-state index contributed by atoms with van der Waals surface area (Å²) >= 11 is 0. The van der Waals surface area contributed by atoms with E-state index in [2.05, 4.69) is 17.0 Å². The van der Waals surface area contributed by atoms with E-state index in [0.717, 1.165) is 25.8 Å². The van der Waals surface area contributed by atoms with E-state index in [0.29, 0.717) is 12.5 Å². The van der Waals surface area contributed by atoms with E-state index >= 15 is 0 Å². The van der Waals surface area contributed by atoms with Crippen molar-refractivity contribution >= 4 is 10.0 Å². The summed E-state index contributed by atoms with van der Waals surface area (Å²) in [5.41, 5.74) is 0. The zero-order valence-corrected chi connectivity index (χ0v) is 10.4. The van der Waals surface area contributed by atoms with Crippen LogP contribution < -0.4 is 10.0 Å². The lowest BCUT2D eigenvalue weighted by atomic mass is 10.1. The van der Waals surface area contributed by atoms with Gasteiger partial charge in [-0.1, -0.05) is 13.8 Å². The minimum Gasteiger partial charge on any atom is -0.316 e. The summed E-state index contributed by atoms with van der Waals surface area (Å²) in [6, 6.07) is 0.173. The van der Waals surface area contributed by atoms with Gasteiger partial charge in [-0.15, -0.1) is 0 Å². The fourth-order valence-electron chi connectivity index (χ4n) is 2.01. The molecular formula is C10H22N2O2S. The van der Waals surface area contributed by atoms with Gasteiger partial charge in [0.15, 0.2) is 0 Å². The van der Waals surface area contributed by atoms with Crippen LogP contribution in [0.5, 0.6) is 0 Å². The molecule has 4 nitrogen and oxygen atoms in total. The normalized spacial score (nSPS) is 27.1. The van der Waals surface area contributed by atoms with Gasteiger partial charge in [0.25, 0.3) is 0 Å². The maximum atomic E-state index is 11.6. The molecule has 2 N–H and O–H groups in total. The predicted octanol–water partition coefficient (Wildman–Crippen LogP) is 0.704. The van der Waals surface area contributed by atoms with Crippen LogP contribution in [0, 0.1) is 5.92 Å². The molecule has 0 aromatic heterocycles. The van der Waals surface area contributed by atoms with Crippen LogP contribution in [0.2, 0.25) is 0 Å². The second kappa shape index (κ2) is 5.82. The molecule has 90 valence electrons. The van der Waals surface area contributed by atoms with Crippen molar-refractivity contribution in [2.24, 2.45) is 5.92 Å². The Hall–Kier alpha value is -0.130. The lowest BCUT2D eigenvalue weighted by molar-refractivity contribution is 0.536. The summed E-state index contributed by atoms with van der Waals surface area (Å²) in [6.45, 7) is 5.50. The standard InChI is InChI=1S/C10H22N2O2S/c1-3-11-6-7-15(13,14)12-10-5-4-9(2)8-10/h9-12H,3-8H2,1-2H3. The maximum absolute atomic E-state index is 11.6. The van der Waals surface area contributed by atoms with Gasteiger partial charge in [-0.2, -0.15) is 0 Å². The van der Waals surface area contributed by atoms with E-state index < -0.39 is 10.0 Å². The van der Waals surface area contributed by atoms with E-state index in [9.17, 15) is 8.42 Å². The first-order valence-electron chi connectivity index (χ1n) is 5.74. The molecular weight excluding hydrogens is 212 g/mol. The van der Waals surface area contributed by atoms with E-state index in [1.165, 1.54) is 0 Å². The van der Waals surface area contributed by atoms with Crippen LogP contribution in [-0.4, -0.2) is 33.3 Å². The first kappa shape index (κ1) is 12.9. The molecule has 2 atom stereocenters. The molecule has 1 aliphatic carbocycles. The van der Waals surface area contributed by atoms with Gasteiger partial charge in [0, 0.05) is 12.6 Å². The third-order valence-corrected chi connectivity index (χ3v) is 4.27. The van der Waals surface area contributed by atoms with Gasteiger partial charge in [-0.3, -0.25) is 0 Å². The monoisotopic (exact) mass is 234 g/mol. The highest BCUT2D eigenvalue weighted by Crippen LogP contribution is 2.24. The minimum atomic E-state index is -3.07. The fraction of sp³-hybridized carbons (Fsp3) is 1.00. The summed E-state index contributed by atoms with van der Waals surface area (Å²) in [4.78, 5) is 0. The van der Waals surface area contributed by atoms with Crippen molar-refractivity contribution in [1.29, 1.82) is 0 Å². The third kappa shape index (κ3) is 4.95. The van der Waals surface area contributed by atoms with Crippen LogP contribution >= 0.6 is 0 Å². The average Bonchev–Trinajstić information content (AvgIpc) is 2.50. The van der Waals surface area contributed by atoms with E-state index in [1.807, 2.05) is 6.92 Å². The molecule has 15 heavy (non-hydrogen) atoms. The summed E-state index contributed by atoms with van der Waals surface area (Å²) in [5.74, 6) is 0.845. The second-order valence-electron chi connectivity index (χ2n) is 4.41. The number of sulfonamides is 1. The molecule has 0 spiro atoms. The largest absolute Gasteiger partial charge is 0.316 e. The van der Waals surface area contributed by atoms with Crippen molar-refractivity contribution in [3.63, 3.8) is 0 Å². The van der Waals surface area contributed by atoms with Crippen LogP contribution in [0.25, 0.3) is 0 Å². The molecule has 0 aromatic carbocycles. The molecule has 5 heteroatoms. The molecule has 2 unspecified atom stereocenters. The Bertz CT molecular complexity index is 277. The van der Waals surface area contributed by atoms with Crippen LogP contribution in [0.15, 0.2) is 0 Å². The molecule has 0 bridgehead atoms. The highest BCUT2D eigenvalue weighted by Gasteiger charge is 2.24. The van der Waals surface area contributed by atoms with Crippen molar-refractivity contribution in [2.45, 2.75) is 39.2 Å². The van der Waals surface area contributed by atoms with Crippen LogP contribution in [0.1, 0.15) is 33.1 Å². The number of rotatable bonds is 6. The summed E-state index contributed by atoms with van der Waals surface area (Å²) in [6.07, 6.45) is 3.11. The SMILES string of the molecule is CCNCCS(=O)(=O)NC1CCC(C)C1. The van der Waals surface area contributed by atoms with E-state index in [4.69, 9.17) is 0 Å².